The maximum Gasteiger partial charge on any atom is 0.329 e. The third-order valence-electron chi connectivity index (χ3n) is 2.44. The molecule has 0 bridgehead atoms. The van der Waals surface area contributed by atoms with Gasteiger partial charge in [-0.3, -0.25) is 9.59 Å². The van der Waals surface area contributed by atoms with E-state index in [4.69, 9.17) is 9.47 Å². The van der Waals surface area contributed by atoms with Crippen LogP contribution in [0.5, 0.6) is 11.5 Å². The van der Waals surface area contributed by atoms with Gasteiger partial charge in [-0.05, 0) is 26.0 Å². The molecular weight excluding hydrogens is 274 g/mol. The van der Waals surface area contributed by atoms with Gasteiger partial charge in [-0.25, -0.2) is 5.43 Å². The summed E-state index contributed by atoms with van der Waals surface area (Å²) >= 11 is 0. The molecular formula is C14H19N3O4. The van der Waals surface area contributed by atoms with Gasteiger partial charge in [0.05, 0.1) is 20.4 Å². The molecule has 0 aliphatic heterocycles. The zero-order valence-electron chi connectivity index (χ0n) is 12.5. The first-order valence-electron chi connectivity index (χ1n) is 6.33. The summed E-state index contributed by atoms with van der Waals surface area (Å²) in [4.78, 5) is 22.8. The third-order valence-corrected chi connectivity index (χ3v) is 2.44. The predicted molar refractivity (Wildman–Crippen MR) is 78.6 cm³/mol. The monoisotopic (exact) mass is 293 g/mol. The molecule has 0 aliphatic carbocycles. The van der Waals surface area contributed by atoms with Crippen molar-refractivity contribution in [3.05, 3.63) is 23.8 Å². The third kappa shape index (κ3) is 5.13. The molecule has 21 heavy (non-hydrogen) atoms. The zero-order chi connectivity index (χ0) is 15.8. The van der Waals surface area contributed by atoms with Crippen LogP contribution < -0.4 is 20.2 Å². The molecule has 0 fully saturated rings. The number of hydrogen-bond acceptors (Lipinski definition) is 5. The van der Waals surface area contributed by atoms with Crippen LogP contribution in [0.25, 0.3) is 0 Å². The average Bonchev–Trinajstić information content (AvgIpc) is 2.46. The van der Waals surface area contributed by atoms with Gasteiger partial charge in [-0.2, -0.15) is 5.10 Å². The highest BCUT2D eigenvalue weighted by Gasteiger charge is 2.13. The van der Waals surface area contributed by atoms with Crippen LogP contribution in [0.3, 0.4) is 0 Å². The van der Waals surface area contributed by atoms with Crippen LogP contribution in [-0.2, 0) is 9.59 Å². The van der Waals surface area contributed by atoms with Crippen LogP contribution in [0.15, 0.2) is 23.3 Å². The minimum Gasteiger partial charge on any atom is -0.497 e. The fourth-order valence-electron chi connectivity index (χ4n) is 1.46. The number of amides is 2. The van der Waals surface area contributed by atoms with Crippen molar-refractivity contribution in [2.24, 2.45) is 5.10 Å². The molecule has 0 spiro atoms. The molecule has 7 heteroatoms. The Morgan fingerprint density at radius 2 is 1.90 bits per heavy atom. The number of benzene rings is 1. The first kappa shape index (κ1) is 16.5. The second-order valence-electron chi connectivity index (χ2n) is 4.44. The largest absolute Gasteiger partial charge is 0.497 e. The van der Waals surface area contributed by atoms with Crippen LogP contribution in [-0.4, -0.2) is 38.3 Å². The van der Waals surface area contributed by atoms with Gasteiger partial charge in [-0.15, -0.1) is 0 Å². The van der Waals surface area contributed by atoms with Crippen LogP contribution in [0.4, 0.5) is 0 Å². The van der Waals surface area contributed by atoms with E-state index in [2.05, 4.69) is 15.8 Å². The van der Waals surface area contributed by atoms with E-state index < -0.39 is 11.8 Å². The van der Waals surface area contributed by atoms with Crippen LogP contribution in [0.2, 0.25) is 0 Å². The Kier molecular flexibility index (Phi) is 6.19. The molecule has 7 nitrogen and oxygen atoms in total. The van der Waals surface area contributed by atoms with Crippen LogP contribution in [0, 0.1) is 0 Å². The number of methoxy groups -OCH3 is 2. The number of rotatable bonds is 5. The molecule has 0 unspecified atom stereocenters. The number of hydrogen-bond donors (Lipinski definition) is 2. The lowest BCUT2D eigenvalue weighted by molar-refractivity contribution is -0.139. The number of nitrogens with zero attached hydrogens (tertiary/aromatic N) is 1. The molecule has 1 aromatic carbocycles. The summed E-state index contributed by atoms with van der Waals surface area (Å²) in [6, 6.07) is 5.03. The van der Waals surface area contributed by atoms with E-state index >= 15 is 0 Å². The van der Waals surface area contributed by atoms with Crippen molar-refractivity contribution in [3.63, 3.8) is 0 Å². The first-order valence-corrected chi connectivity index (χ1v) is 6.33. The Balaban J connectivity index is 2.69. The molecule has 0 saturated heterocycles. The van der Waals surface area contributed by atoms with E-state index in [9.17, 15) is 9.59 Å². The summed E-state index contributed by atoms with van der Waals surface area (Å²) < 4.78 is 10.3. The fraction of sp³-hybridized carbons (Fsp3) is 0.357. The minimum atomic E-state index is -0.826. The van der Waals surface area contributed by atoms with Gasteiger partial charge >= 0.3 is 11.8 Å². The van der Waals surface area contributed by atoms with E-state index in [0.717, 1.165) is 0 Å². The van der Waals surface area contributed by atoms with Crippen molar-refractivity contribution in [1.82, 2.24) is 10.7 Å². The van der Waals surface area contributed by atoms with Crippen molar-refractivity contribution in [2.45, 2.75) is 19.9 Å². The second-order valence-corrected chi connectivity index (χ2v) is 4.44. The van der Waals surface area contributed by atoms with Crippen molar-refractivity contribution >= 4 is 18.0 Å². The molecule has 0 aromatic heterocycles. The van der Waals surface area contributed by atoms with Gasteiger partial charge in [0.15, 0.2) is 0 Å². The van der Waals surface area contributed by atoms with Gasteiger partial charge in [0.2, 0.25) is 0 Å². The smallest absolute Gasteiger partial charge is 0.329 e. The number of nitrogens with one attached hydrogen (secondary N) is 2. The standard InChI is InChI=1S/C14H19N3O4/c1-9(2)16-13(18)14(19)17-15-8-10-5-6-11(20-3)7-12(10)21-4/h5-9H,1-4H3,(H,16,18)(H,17,19)/b15-8+. The predicted octanol–water partition coefficient (Wildman–Crippen LogP) is 0.678. The molecule has 0 heterocycles. The molecule has 114 valence electrons. The van der Waals surface area contributed by atoms with E-state index in [1.165, 1.54) is 13.3 Å². The Labute approximate surface area is 123 Å². The highest BCUT2D eigenvalue weighted by atomic mass is 16.5. The van der Waals surface area contributed by atoms with Crippen molar-refractivity contribution in [2.75, 3.05) is 14.2 Å². The highest BCUT2D eigenvalue weighted by molar-refractivity contribution is 6.35. The van der Waals surface area contributed by atoms with Crippen molar-refractivity contribution in [1.29, 1.82) is 0 Å². The molecule has 2 amide bonds. The van der Waals surface area contributed by atoms with E-state index in [-0.39, 0.29) is 6.04 Å². The average molecular weight is 293 g/mol. The normalized spacial score (nSPS) is 10.5. The number of carbonyl (C=O) groups excluding carboxylic acids is 2. The summed E-state index contributed by atoms with van der Waals surface area (Å²) in [5.74, 6) is -0.375. The van der Waals surface area contributed by atoms with E-state index in [0.29, 0.717) is 17.1 Å². The molecule has 0 radical (unpaired) electrons. The number of ether oxygens (including phenoxy) is 2. The van der Waals surface area contributed by atoms with Crippen molar-refractivity contribution in [3.8, 4) is 11.5 Å². The van der Waals surface area contributed by atoms with Crippen LogP contribution in [0.1, 0.15) is 19.4 Å². The molecule has 1 aromatic rings. The van der Waals surface area contributed by atoms with Gasteiger partial charge in [0, 0.05) is 17.7 Å². The Morgan fingerprint density at radius 1 is 1.19 bits per heavy atom. The summed E-state index contributed by atoms with van der Waals surface area (Å²) in [5, 5.41) is 6.19. The molecule has 0 saturated carbocycles. The topological polar surface area (TPSA) is 89.0 Å². The number of hydrazone groups is 1. The number of carbonyl (C=O) groups is 2. The molecule has 2 N–H and O–H groups in total. The van der Waals surface area contributed by atoms with Crippen molar-refractivity contribution < 1.29 is 19.1 Å². The SMILES string of the molecule is COc1ccc(/C=N/NC(=O)C(=O)NC(C)C)c(OC)c1. The molecule has 0 atom stereocenters. The van der Waals surface area contributed by atoms with Crippen LogP contribution >= 0.6 is 0 Å². The Bertz CT molecular complexity index is 541. The highest BCUT2D eigenvalue weighted by Crippen LogP contribution is 2.22. The summed E-state index contributed by atoms with van der Waals surface area (Å²) in [5.41, 5.74) is 2.79. The molecule has 0 aliphatic rings. The summed E-state index contributed by atoms with van der Waals surface area (Å²) in [7, 11) is 3.07. The van der Waals surface area contributed by atoms with Gasteiger partial charge in [0.1, 0.15) is 11.5 Å². The van der Waals surface area contributed by atoms with E-state index in [1.807, 2.05) is 0 Å². The summed E-state index contributed by atoms with van der Waals surface area (Å²) in [6.45, 7) is 3.52. The Hall–Kier alpha value is -2.57. The van der Waals surface area contributed by atoms with Gasteiger partial charge in [-0.1, -0.05) is 0 Å². The van der Waals surface area contributed by atoms with Gasteiger partial charge < -0.3 is 14.8 Å². The zero-order valence-corrected chi connectivity index (χ0v) is 12.5. The maximum atomic E-state index is 11.4. The lowest BCUT2D eigenvalue weighted by Gasteiger charge is -2.07. The molecule has 1 rings (SSSR count). The lowest BCUT2D eigenvalue weighted by Crippen LogP contribution is -2.41. The fourth-order valence-corrected chi connectivity index (χ4v) is 1.46. The Morgan fingerprint density at radius 3 is 2.48 bits per heavy atom. The van der Waals surface area contributed by atoms with Gasteiger partial charge in [0.25, 0.3) is 0 Å². The van der Waals surface area contributed by atoms with E-state index in [1.54, 1.807) is 39.2 Å². The summed E-state index contributed by atoms with van der Waals surface area (Å²) in [6.07, 6.45) is 1.39. The quantitative estimate of drug-likeness (QED) is 0.474. The minimum absolute atomic E-state index is 0.117. The second kappa shape index (κ2) is 7.88. The lowest BCUT2D eigenvalue weighted by atomic mass is 10.2. The first-order chi connectivity index (χ1) is 9.97. The maximum absolute atomic E-state index is 11.4.